The summed E-state index contributed by atoms with van der Waals surface area (Å²) in [5.41, 5.74) is 1.82. The van der Waals surface area contributed by atoms with Crippen LogP contribution in [0.4, 0.5) is 17.6 Å². The Balaban J connectivity index is 1.54. The topological polar surface area (TPSA) is 9.23 Å². The summed E-state index contributed by atoms with van der Waals surface area (Å²) in [7, 11) is 0. The first-order valence-corrected chi connectivity index (χ1v) is 12.6. The molecule has 4 rings (SSSR count). The maximum absolute atomic E-state index is 15.0. The fourth-order valence-electron chi connectivity index (χ4n) is 4.93. The van der Waals surface area contributed by atoms with E-state index in [1.165, 1.54) is 0 Å². The van der Waals surface area contributed by atoms with E-state index in [9.17, 15) is 13.2 Å². The van der Waals surface area contributed by atoms with Crippen molar-refractivity contribution in [2.24, 2.45) is 5.92 Å². The molecule has 1 fully saturated rings. The predicted octanol–water partition coefficient (Wildman–Crippen LogP) is 9.19. The van der Waals surface area contributed by atoms with Crippen LogP contribution in [-0.2, 0) is 11.2 Å². The molecule has 5 heteroatoms. The number of aryl methyl sites for hydroxylation is 1. The third kappa shape index (κ3) is 5.45. The van der Waals surface area contributed by atoms with Gasteiger partial charge in [-0.2, -0.15) is 0 Å². The lowest BCUT2D eigenvalue weighted by Crippen LogP contribution is -2.21. The molecule has 0 bridgehead atoms. The molecule has 1 aliphatic heterocycles. The summed E-state index contributed by atoms with van der Waals surface area (Å²) >= 11 is 0. The third-order valence-corrected chi connectivity index (χ3v) is 7.00. The molecule has 0 radical (unpaired) electrons. The molecule has 1 nitrogen and oxygen atoms in total. The number of halogens is 4. The van der Waals surface area contributed by atoms with Crippen LogP contribution in [0.5, 0.6) is 0 Å². The lowest BCUT2D eigenvalue weighted by Gasteiger charge is -2.29. The summed E-state index contributed by atoms with van der Waals surface area (Å²) in [6, 6.07) is 12.7. The third-order valence-electron chi connectivity index (χ3n) is 7.00. The van der Waals surface area contributed by atoms with Gasteiger partial charge in [0.15, 0.2) is 23.3 Å². The monoisotopic (exact) mass is 484 g/mol. The number of hydrogen-bond acceptors (Lipinski definition) is 1. The van der Waals surface area contributed by atoms with Gasteiger partial charge in [0, 0.05) is 16.7 Å². The van der Waals surface area contributed by atoms with E-state index in [2.05, 4.69) is 6.92 Å². The fraction of sp³-hybridized carbons (Fsp3) is 0.400. The van der Waals surface area contributed by atoms with Crippen LogP contribution in [0, 0.1) is 29.2 Å². The van der Waals surface area contributed by atoms with Gasteiger partial charge in [0.2, 0.25) is 0 Å². The molecule has 3 aromatic rings. The molecule has 0 amide bonds. The molecule has 1 saturated heterocycles. The fourth-order valence-corrected chi connectivity index (χ4v) is 4.93. The van der Waals surface area contributed by atoms with Gasteiger partial charge in [0.05, 0.1) is 12.7 Å². The predicted molar refractivity (Wildman–Crippen MR) is 132 cm³/mol. The zero-order valence-corrected chi connectivity index (χ0v) is 20.4. The second kappa shape index (κ2) is 11.4. The SMILES string of the molecule is CCCCc1ccc(-c2ccc(-c3ccc(C4CCC(CCC)CO4)c(F)c3F)cc2)c(F)c1F. The minimum absolute atomic E-state index is 0.124. The zero-order chi connectivity index (χ0) is 24.9. The lowest BCUT2D eigenvalue weighted by atomic mass is 9.90. The van der Waals surface area contributed by atoms with Gasteiger partial charge in [-0.1, -0.05) is 75.2 Å². The Morgan fingerprint density at radius 2 is 1.34 bits per heavy atom. The van der Waals surface area contributed by atoms with Gasteiger partial charge in [-0.3, -0.25) is 0 Å². The maximum atomic E-state index is 15.0. The van der Waals surface area contributed by atoms with Crippen molar-refractivity contribution in [3.05, 3.63) is 82.9 Å². The van der Waals surface area contributed by atoms with Crippen LogP contribution in [-0.4, -0.2) is 6.61 Å². The second-order valence-electron chi connectivity index (χ2n) is 9.47. The molecule has 0 aliphatic carbocycles. The van der Waals surface area contributed by atoms with E-state index in [0.29, 0.717) is 42.1 Å². The average Bonchev–Trinajstić information content (AvgIpc) is 2.88. The summed E-state index contributed by atoms with van der Waals surface area (Å²) in [5.74, 6) is -3.04. The highest BCUT2D eigenvalue weighted by molar-refractivity contribution is 5.71. The number of benzene rings is 3. The van der Waals surface area contributed by atoms with Gasteiger partial charge >= 0.3 is 0 Å². The van der Waals surface area contributed by atoms with Gasteiger partial charge in [-0.15, -0.1) is 0 Å². The lowest BCUT2D eigenvalue weighted by molar-refractivity contribution is -0.0214. The van der Waals surface area contributed by atoms with Crippen molar-refractivity contribution in [1.29, 1.82) is 0 Å². The minimum atomic E-state index is -0.924. The molecule has 2 unspecified atom stereocenters. The maximum Gasteiger partial charge on any atom is 0.167 e. The van der Waals surface area contributed by atoms with Gasteiger partial charge in [-0.05, 0) is 54.7 Å². The van der Waals surface area contributed by atoms with Crippen LogP contribution in [0.3, 0.4) is 0 Å². The average molecular weight is 485 g/mol. The normalized spacial score (nSPS) is 18.1. The van der Waals surface area contributed by atoms with Gasteiger partial charge in [-0.25, -0.2) is 17.6 Å². The highest BCUT2D eigenvalue weighted by Crippen LogP contribution is 2.37. The molecule has 0 saturated carbocycles. The molecule has 0 spiro atoms. The first-order chi connectivity index (χ1) is 16.9. The molecule has 0 aromatic heterocycles. The van der Waals surface area contributed by atoms with Crippen LogP contribution in [0.25, 0.3) is 22.3 Å². The van der Waals surface area contributed by atoms with Crippen LogP contribution in [0.1, 0.15) is 69.6 Å². The quantitative estimate of drug-likeness (QED) is 0.290. The Hall–Kier alpha value is -2.66. The van der Waals surface area contributed by atoms with Gasteiger partial charge in [0.1, 0.15) is 0 Å². The molecule has 2 atom stereocenters. The van der Waals surface area contributed by atoms with E-state index >= 15 is 4.39 Å². The second-order valence-corrected chi connectivity index (χ2v) is 9.47. The highest BCUT2D eigenvalue weighted by Gasteiger charge is 2.27. The van der Waals surface area contributed by atoms with Gasteiger partial charge in [0.25, 0.3) is 0 Å². The van der Waals surface area contributed by atoms with Crippen molar-refractivity contribution < 1.29 is 22.3 Å². The van der Waals surface area contributed by atoms with Crippen molar-refractivity contribution in [2.45, 2.75) is 64.9 Å². The molecule has 186 valence electrons. The van der Waals surface area contributed by atoms with E-state index in [4.69, 9.17) is 4.74 Å². The van der Waals surface area contributed by atoms with Crippen molar-refractivity contribution >= 4 is 0 Å². The summed E-state index contributed by atoms with van der Waals surface area (Å²) < 4.78 is 65.1. The Labute approximate surface area is 205 Å². The molecular weight excluding hydrogens is 452 g/mol. The summed E-state index contributed by atoms with van der Waals surface area (Å²) in [6.07, 6.45) is 5.53. The smallest absolute Gasteiger partial charge is 0.167 e. The minimum Gasteiger partial charge on any atom is -0.373 e. The van der Waals surface area contributed by atoms with Gasteiger partial charge < -0.3 is 4.74 Å². The summed E-state index contributed by atoms with van der Waals surface area (Å²) in [6.45, 7) is 4.70. The number of ether oxygens (including phenoxy) is 1. The van der Waals surface area contributed by atoms with E-state index in [1.54, 1.807) is 48.5 Å². The Morgan fingerprint density at radius 3 is 1.91 bits per heavy atom. The van der Waals surface area contributed by atoms with E-state index < -0.39 is 29.4 Å². The first kappa shape index (κ1) is 25.4. The van der Waals surface area contributed by atoms with E-state index in [-0.39, 0.29) is 16.7 Å². The zero-order valence-electron chi connectivity index (χ0n) is 20.4. The van der Waals surface area contributed by atoms with Crippen LogP contribution < -0.4 is 0 Å². The van der Waals surface area contributed by atoms with E-state index in [1.807, 2.05) is 6.92 Å². The summed E-state index contributed by atoms with van der Waals surface area (Å²) in [5, 5.41) is 0. The molecule has 1 aliphatic rings. The number of hydrogen-bond donors (Lipinski definition) is 0. The Bertz CT molecular complexity index is 1150. The van der Waals surface area contributed by atoms with E-state index in [0.717, 1.165) is 32.1 Å². The van der Waals surface area contributed by atoms with Crippen molar-refractivity contribution in [3.8, 4) is 22.3 Å². The van der Waals surface area contributed by atoms with Crippen LogP contribution in [0.2, 0.25) is 0 Å². The molecular formula is C30H32F4O. The number of unbranched alkanes of at least 4 members (excludes halogenated alkanes) is 1. The molecule has 35 heavy (non-hydrogen) atoms. The first-order valence-electron chi connectivity index (χ1n) is 12.6. The summed E-state index contributed by atoms with van der Waals surface area (Å²) in [4.78, 5) is 0. The standard InChI is InChI=1S/C30H32F4O/c1-3-5-7-22-13-14-23(28(32)27(22)31)20-9-11-21(12-10-20)24-15-16-25(30(34)29(24)33)26-17-8-19(6-4-2)18-35-26/h9-16,19,26H,3-8,17-18H2,1-2H3. The Kier molecular flexibility index (Phi) is 8.27. The molecule has 3 aromatic carbocycles. The molecule has 1 heterocycles. The van der Waals surface area contributed by atoms with Crippen molar-refractivity contribution in [3.63, 3.8) is 0 Å². The highest BCUT2D eigenvalue weighted by atomic mass is 19.2. The van der Waals surface area contributed by atoms with Crippen molar-refractivity contribution in [2.75, 3.05) is 6.61 Å². The number of rotatable bonds is 8. The van der Waals surface area contributed by atoms with Crippen molar-refractivity contribution in [1.82, 2.24) is 0 Å². The molecule has 0 N–H and O–H groups in total. The van der Waals surface area contributed by atoms with Crippen LogP contribution in [0.15, 0.2) is 48.5 Å². The van der Waals surface area contributed by atoms with Crippen LogP contribution >= 0.6 is 0 Å². The Morgan fingerprint density at radius 1 is 0.714 bits per heavy atom. The largest absolute Gasteiger partial charge is 0.373 e.